The molecule has 31 heavy (non-hydrogen) atoms. The van der Waals surface area contributed by atoms with E-state index in [9.17, 15) is 0 Å². The van der Waals surface area contributed by atoms with E-state index in [4.69, 9.17) is 23.2 Å². The summed E-state index contributed by atoms with van der Waals surface area (Å²) < 4.78 is 28.2. The van der Waals surface area contributed by atoms with E-state index in [-0.39, 0.29) is 6.61 Å². The standard InChI is InChI=1S/C21H18N4O5S/c1-13-5-4-6-14(9-13)26-11-19-23-24-21(29-19)31-12-18-22-20(30-25-18)17-10-27-15-7-2-3-8-16(15)28-17/h2-9,17H,10-12H2,1H3. The summed E-state index contributed by atoms with van der Waals surface area (Å²) in [4.78, 5) is 4.39. The van der Waals surface area contributed by atoms with Crippen LogP contribution in [0, 0.1) is 6.92 Å². The van der Waals surface area contributed by atoms with Gasteiger partial charge < -0.3 is 23.2 Å². The number of thioether (sulfide) groups is 1. The van der Waals surface area contributed by atoms with Crippen LogP contribution in [0.25, 0.3) is 0 Å². The molecular formula is C21H18N4O5S. The van der Waals surface area contributed by atoms with Crippen LogP contribution in [-0.4, -0.2) is 26.9 Å². The van der Waals surface area contributed by atoms with Crippen LogP contribution in [0.15, 0.2) is 62.7 Å². The van der Waals surface area contributed by atoms with Crippen molar-refractivity contribution in [2.45, 2.75) is 30.6 Å². The second kappa shape index (κ2) is 8.68. The molecule has 0 saturated carbocycles. The molecule has 0 bridgehead atoms. The van der Waals surface area contributed by atoms with Gasteiger partial charge in [-0.1, -0.05) is 41.2 Å². The van der Waals surface area contributed by atoms with Crippen molar-refractivity contribution in [3.63, 3.8) is 0 Å². The molecule has 5 rings (SSSR count). The molecule has 3 heterocycles. The molecule has 9 nitrogen and oxygen atoms in total. The van der Waals surface area contributed by atoms with E-state index in [1.807, 2.05) is 55.5 Å². The van der Waals surface area contributed by atoms with Gasteiger partial charge in [0.15, 0.2) is 23.9 Å². The lowest BCUT2D eigenvalue weighted by Crippen LogP contribution is -2.21. The van der Waals surface area contributed by atoms with Gasteiger partial charge in [-0.25, -0.2) is 0 Å². The molecule has 0 N–H and O–H groups in total. The number of aromatic nitrogens is 4. The van der Waals surface area contributed by atoms with Gasteiger partial charge in [-0.15, -0.1) is 10.2 Å². The van der Waals surface area contributed by atoms with Crippen molar-refractivity contribution < 1.29 is 23.2 Å². The molecule has 2 aromatic carbocycles. The van der Waals surface area contributed by atoms with E-state index in [0.29, 0.717) is 46.7 Å². The van der Waals surface area contributed by atoms with Crippen LogP contribution in [0.5, 0.6) is 17.2 Å². The quantitative estimate of drug-likeness (QED) is 0.391. The zero-order valence-electron chi connectivity index (χ0n) is 16.6. The number of para-hydroxylation sites is 2. The van der Waals surface area contributed by atoms with E-state index in [1.165, 1.54) is 11.8 Å². The topological polar surface area (TPSA) is 106 Å². The van der Waals surface area contributed by atoms with Gasteiger partial charge in [0.2, 0.25) is 6.10 Å². The first-order chi connectivity index (χ1) is 15.2. The van der Waals surface area contributed by atoms with Gasteiger partial charge >= 0.3 is 0 Å². The average molecular weight is 438 g/mol. The Hall–Kier alpha value is -3.53. The Balaban J connectivity index is 1.14. The number of nitrogens with zero attached hydrogens (tertiary/aromatic N) is 4. The van der Waals surface area contributed by atoms with E-state index in [0.717, 1.165) is 11.3 Å². The minimum absolute atomic E-state index is 0.198. The summed E-state index contributed by atoms with van der Waals surface area (Å²) in [6.07, 6.45) is -0.449. The summed E-state index contributed by atoms with van der Waals surface area (Å²) in [6.45, 7) is 2.51. The number of hydrogen-bond acceptors (Lipinski definition) is 10. The van der Waals surface area contributed by atoms with Crippen LogP contribution >= 0.6 is 11.8 Å². The summed E-state index contributed by atoms with van der Waals surface area (Å²) in [7, 11) is 0. The maximum Gasteiger partial charge on any atom is 0.277 e. The van der Waals surface area contributed by atoms with Crippen LogP contribution in [0.4, 0.5) is 0 Å². The van der Waals surface area contributed by atoms with Crippen molar-refractivity contribution in [2.24, 2.45) is 0 Å². The third-order valence-electron chi connectivity index (χ3n) is 4.39. The average Bonchev–Trinajstić information content (AvgIpc) is 3.46. The second-order valence-corrected chi connectivity index (χ2v) is 7.70. The summed E-state index contributed by atoms with van der Waals surface area (Å²) in [6, 6.07) is 15.2. The highest BCUT2D eigenvalue weighted by molar-refractivity contribution is 7.98. The highest BCUT2D eigenvalue weighted by Gasteiger charge is 2.27. The van der Waals surface area contributed by atoms with Gasteiger partial charge in [-0.2, -0.15) is 4.98 Å². The van der Waals surface area contributed by atoms with Gasteiger partial charge in [0.25, 0.3) is 17.0 Å². The van der Waals surface area contributed by atoms with Gasteiger partial charge in [0, 0.05) is 0 Å². The minimum atomic E-state index is -0.449. The van der Waals surface area contributed by atoms with E-state index in [1.54, 1.807) is 0 Å². The smallest absolute Gasteiger partial charge is 0.277 e. The maximum atomic E-state index is 5.89. The van der Waals surface area contributed by atoms with E-state index in [2.05, 4.69) is 20.3 Å². The van der Waals surface area contributed by atoms with Crippen LogP contribution in [0.3, 0.4) is 0 Å². The van der Waals surface area contributed by atoms with Crippen LogP contribution in [-0.2, 0) is 12.4 Å². The van der Waals surface area contributed by atoms with Crippen LogP contribution < -0.4 is 14.2 Å². The van der Waals surface area contributed by atoms with Crippen molar-refractivity contribution >= 4 is 11.8 Å². The fraction of sp³-hybridized carbons (Fsp3) is 0.238. The highest BCUT2D eigenvalue weighted by atomic mass is 32.2. The third-order valence-corrected chi connectivity index (χ3v) is 5.21. The lowest BCUT2D eigenvalue weighted by molar-refractivity contribution is 0.0665. The van der Waals surface area contributed by atoms with E-state index < -0.39 is 6.10 Å². The number of fused-ring (bicyclic) bond motifs is 1. The fourth-order valence-electron chi connectivity index (χ4n) is 2.93. The normalized spacial score (nSPS) is 15.1. The predicted octanol–water partition coefficient (Wildman–Crippen LogP) is 4.14. The summed E-state index contributed by atoms with van der Waals surface area (Å²) in [5.74, 6) is 3.77. The predicted molar refractivity (Wildman–Crippen MR) is 109 cm³/mol. The SMILES string of the molecule is Cc1cccc(OCc2nnc(SCc3noc(C4COc5ccccc5O4)n3)o2)c1. The molecular weight excluding hydrogens is 420 g/mol. The second-order valence-electron chi connectivity index (χ2n) is 6.77. The highest BCUT2D eigenvalue weighted by Crippen LogP contribution is 2.35. The molecule has 1 atom stereocenters. The molecule has 1 aliphatic heterocycles. The van der Waals surface area contributed by atoms with Gasteiger partial charge in [-0.05, 0) is 36.8 Å². The molecule has 0 spiro atoms. The Bertz CT molecular complexity index is 1180. The molecule has 1 unspecified atom stereocenters. The number of aryl methyl sites for hydroxylation is 1. The Kier molecular flexibility index (Phi) is 5.44. The minimum Gasteiger partial charge on any atom is -0.485 e. The van der Waals surface area contributed by atoms with Crippen molar-refractivity contribution in [2.75, 3.05) is 6.61 Å². The van der Waals surface area contributed by atoms with Gasteiger partial charge in [-0.3, -0.25) is 0 Å². The molecule has 1 aliphatic rings. The lowest BCUT2D eigenvalue weighted by Gasteiger charge is -2.23. The Morgan fingerprint density at radius 1 is 1.10 bits per heavy atom. The molecule has 0 radical (unpaired) electrons. The fourth-order valence-corrected chi connectivity index (χ4v) is 3.55. The Morgan fingerprint density at radius 2 is 2.00 bits per heavy atom. The third kappa shape index (κ3) is 4.64. The van der Waals surface area contributed by atoms with Crippen molar-refractivity contribution in [3.05, 3.63) is 71.7 Å². The summed E-state index contributed by atoms with van der Waals surface area (Å²) in [5, 5.41) is 12.4. The zero-order chi connectivity index (χ0) is 21.0. The molecule has 0 amide bonds. The van der Waals surface area contributed by atoms with E-state index >= 15 is 0 Å². The van der Waals surface area contributed by atoms with Gasteiger partial charge in [0.1, 0.15) is 12.4 Å². The molecule has 10 heteroatoms. The number of benzene rings is 2. The largest absolute Gasteiger partial charge is 0.485 e. The summed E-state index contributed by atoms with van der Waals surface area (Å²) >= 11 is 1.31. The first kappa shape index (κ1) is 19.4. The maximum absolute atomic E-state index is 5.89. The molecule has 0 aliphatic carbocycles. The number of ether oxygens (including phenoxy) is 3. The lowest BCUT2D eigenvalue weighted by atomic mass is 10.2. The summed E-state index contributed by atoms with van der Waals surface area (Å²) in [5.41, 5.74) is 1.12. The Morgan fingerprint density at radius 3 is 2.90 bits per heavy atom. The Labute approximate surface area is 181 Å². The van der Waals surface area contributed by atoms with Crippen molar-refractivity contribution in [3.8, 4) is 17.2 Å². The first-order valence-corrected chi connectivity index (χ1v) is 10.6. The van der Waals surface area contributed by atoms with Crippen molar-refractivity contribution in [1.82, 2.24) is 20.3 Å². The van der Waals surface area contributed by atoms with Gasteiger partial charge in [0.05, 0.1) is 5.75 Å². The first-order valence-electron chi connectivity index (χ1n) is 9.58. The number of rotatable bonds is 7. The molecule has 2 aromatic heterocycles. The molecule has 0 fully saturated rings. The molecule has 158 valence electrons. The van der Waals surface area contributed by atoms with Crippen molar-refractivity contribution in [1.29, 1.82) is 0 Å². The number of hydrogen-bond donors (Lipinski definition) is 0. The van der Waals surface area contributed by atoms with Crippen LogP contribution in [0.2, 0.25) is 0 Å². The molecule has 0 saturated heterocycles. The molecule has 4 aromatic rings. The zero-order valence-corrected chi connectivity index (χ0v) is 17.4. The monoisotopic (exact) mass is 438 g/mol. The van der Waals surface area contributed by atoms with Crippen LogP contribution in [0.1, 0.15) is 29.3 Å².